The Balaban J connectivity index is 0.00000101. The number of H-pyrrole nitrogens is 1. The van der Waals surface area contributed by atoms with E-state index in [2.05, 4.69) is 25.5 Å². The van der Waals surface area contributed by atoms with Crippen LogP contribution in [-0.4, -0.2) is 64.8 Å². The van der Waals surface area contributed by atoms with Gasteiger partial charge < -0.3 is 30.2 Å². The quantitative estimate of drug-likeness (QED) is 0.229. The molecule has 4 aromatic heterocycles. The van der Waals surface area contributed by atoms with Gasteiger partial charge >= 0.3 is 5.97 Å². The summed E-state index contributed by atoms with van der Waals surface area (Å²) < 4.78 is 1.58. The van der Waals surface area contributed by atoms with Crippen molar-refractivity contribution in [1.82, 2.24) is 24.8 Å². The number of fused-ring (bicyclic) bond motifs is 5. The van der Waals surface area contributed by atoms with E-state index in [1.807, 2.05) is 39.5 Å². The lowest BCUT2D eigenvalue weighted by Gasteiger charge is -2.24. The fraction of sp³-hybridized carbons (Fsp3) is 0.355. The third-order valence-electron chi connectivity index (χ3n) is 8.53. The highest BCUT2D eigenvalue weighted by atomic mass is 35.5. The number of carbonyl (C=O) groups is 1. The van der Waals surface area contributed by atoms with Gasteiger partial charge in [0.15, 0.2) is 0 Å². The molecule has 11 heteroatoms. The molecule has 2 atom stereocenters. The van der Waals surface area contributed by atoms with E-state index < -0.39 is 11.4 Å². The second-order valence-electron chi connectivity index (χ2n) is 11.2. The van der Waals surface area contributed by atoms with Crippen LogP contribution >= 0.6 is 11.6 Å². The fourth-order valence-electron chi connectivity index (χ4n) is 6.73. The lowest BCUT2D eigenvalue weighted by molar-refractivity contribution is 0.0695. The average molecular weight is 588 g/mol. The number of aromatic carboxylic acids is 1. The number of aromatic amines is 1. The molecule has 2 aliphatic rings. The van der Waals surface area contributed by atoms with E-state index in [1.165, 1.54) is 25.5 Å². The third kappa shape index (κ3) is 4.55. The van der Waals surface area contributed by atoms with Crippen molar-refractivity contribution >= 4 is 61.9 Å². The number of rotatable bonds is 4. The average Bonchev–Trinajstić information content (AvgIpc) is 3.68. The number of aryl methyl sites for hydroxylation is 1. The molecule has 1 saturated heterocycles. The number of hydrogen-bond donors (Lipinski definition) is 4. The highest BCUT2D eigenvalue weighted by Gasteiger charge is 2.38. The number of benzene rings is 1. The molecule has 0 amide bonds. The molecule has 218 valence electrons. The lowest BCUT2D eigenvalue weighted by Crippen LogP contribution is -2.22. The van der Waals surface area contributed by atoms with Crippen LogP contribution in [0.3, 0.4) is 0 Å². The second-order valence-corrected chi connectivity index (χ2v) is 11.7. The molecule has 0 unspecified atom stereocenters. The van der Waals surface area contributed by atoms with Gasteiger partial charge in [0.25, 0.3) is 0 Å². The first-order chi connectivity index (χ1) is 20.2. The summed E-state index contributed by atoms with van der Waals surface area (Å²) in [6.45, 7) is 1.91. The molecule has 5 aromatic rings. The van der Waals surface area contributed by atoms with Crippen molar-refractivity contribution in [2.45, 2.75) is 19.3 Å². The Morgan fingerprint density at radius 2 is 1.79 bits per heavy atom. The standard InChI is InChI=1S/C29H27ClN6O3.C2H7N/c1-31-22-8-17(30)7-18-23-25(36-11-14-4-3-5-15(14)12-36)20(10-32-27(23)34-24(18)22)16-6-19-26(37)21(29(38)39)13-35(2)28(19)33-9-16;1-3-2/h6-10,13-15,31H,3-5,11-12H2,1-2H3,(H,32,34)(H,38,39);3H,1-2H3/t14-,15+;. The van der Waals surface area contributed by atoms with Crippen LogP contribution in [-0.2, 0) is 7.05 Å². The van der Waals surface area contributed by atoms with E-state index in [9.17, 15) is 14.7 Å². The number of carboxylic acid groups (broad SMARTS) is 1. The van der Waals surface area contributed by atoms with Gasteiger partial charge in [0, 0.05) is 67.3 Å². The first-order valence-corrected chi connectivity index (χ1v) is 14.5. The Morgan fingerprint density at radius 1 is 1.07 bits per heavy atom. The Kier molecular flexibility index (Phi) is 7.28. The number of nitrogens with one attached hydrogen (secondary N) is 3. The topological polar surface area (TPSA) is 128 Å². The lowest BCUT2D eigenvalue weighted by atomic mass is 10.0. The summed E-state index contributed by atoms with van der Waals surface area (Å²) in [7, 11) is 7.31. The maximum atomic E-state index is 13.1. The zero-order valence-corrected chi connectivity index (χ0v) is 24.8. The summed E-state index contributed by atoms with van der Waals surface area (Å²) >= 11 is 6.56. The maximum absolute atomic E-state index is 13.1. The number of halogens is 1. The molecule has 10 nitrogen and oxygen atoms in total. The smallest absolute Gasteiger partial charge is 0.341 e. The number of hydrogen-bond acceptors (Lipinski definition) is 7. The van der Waals surface area contributed by atoms with Crippen LogP contribution in [0.15, 0.2) is 41.6 Å². The molecule has 42 heavy (non-hydrogen) atoms. The minimum absolute atomic E-state index is 0.263. The van der Waals surface area contributed by atoms with Crippen LogP contribution in [0.4, 0.5) is 11.4 Å². The molecule has 1 aliphatic carbocycles. The molecule has 0 bridgehead atoms. The molecule has 2 fully saturated rings. The third-order valence-corrected chi connectivity index (χ3v) is 8.75. The SMILES string of the molecule is CNC.CNc1cc(Cl)cc2c1[nH]c1ncc(-c3cnc4c(c3)c(=O)c(C(=O)O)cn4C)c(N3C[C@H]4CCC[C@H]4C3)c12. The van der Waals surface area contributed by atoms with Gasteiger partial charge in [0.2, 0.25) is 5.43 Å². The minimum Gasteiger partial charge on any atom is -0.477 e. The number of anilines is 2. The first-order valence-electron chi connectivity index (χ1n) is 14.1. The Labute approximate surface area is 247 Å². The molecular formula is C31H34ClN7O3. The van der Waals surface area contributed by atoms with Crippen molar-refractivity contribution in [1.29, 1.82) is 0 Å². The molecule has 0 radical (unpaired) electrons. The van der Waals surface area contributed by atoms with Gasteiger partial charge in [-0.05, 0) is 57.0 Å². The molecule has 0 spiro atoms. The van der Waals surface area contributed by atoms with Crippen molar-refractivity contribution in [2.75, 3.05) is 44.4 Å². The summed E-state index contributed by atoms with van der Waals surface area (Å²) in [5.41, 5.74) is 4.79. The number of aromatic nitrogens is 4. The molecule has 7 rings (SSSR count). The minimum atomic E-state index is -1.26. The number of carboxylic acids is 1. The molecule has 1 saturated carbocycles. The van der Waals surface area contributed by atoms with Crippen molar-refractivity contribution in [3.05, 3.63) is 57.6 Å². The number of pyridine rings is 3. The Morgan fingerprint density at radius 3 is 2.45 bits per heavy atom. The summed E-state index contributed by atoms with van der Waals surface area (Å²) in [4.78, 5) is 40.3. The predicted octanol–water partition coefficient (Wildman–Crippen LogP) is 5.10. The first kappa shape index (κ1) is 28.0. The largest absolute Gasteiger partial charge is 0.477 e. The van der Waals surface area contributed by atoms with Crippen molar-refractivity contribution < 1.29 is 9.90 Å². The van der Waals surface area contributed by atoms with Crippen molar-refractivity contribution in [2.24, 2.45) is 18.9 Å². The van der Waals surface area contributed by atoms with Crippen LogP contribution in [0, 0.1) is 11.8 Å². The van der Waals surface area contributed by atoms with Gasteiger partial charge in [-0.15, -0.1) is 0 Å². The van der Waals surface area contributed by atoms with E-state index in [1.54, 1.807) is 23.9 Å². The highest BCUT2D eigenvalue weighted by Crippen LogP contribution is 2.47. The van der Waals surface area contributed by atoms with Gasteiger partial charge in [-0.2, -0.15) is 0 Å². The van der Waals surface area contributed by atoms with Crippen LogP contribution < -0.4 is 21.0 Å². The van der Waals surface area contributed by atoms with Gasteiger partial charge in [0.05, 0.1) is 27.7 Å². The van der Waals surface area contributed by atoms with Gasteiger partial charge in [0.1, 0.15) is 16.9 Å². The molecule has 1 aromatic carbocycles. The van der Waals surface area contributed by atoms with E-state index in [0.29, 0.717) is 28.1 Å². The van der Waals surface area contributed by atoms with Crippen molar-refractivity contribution in [3.63, 3.8) is 0 Å². The summed E-state index contributed by atoms with van der Waals surface area (Å²) in [5.74, 6) is 0.0528. The van der Waals surface area contributed by atoms with Crippen LogP contribution in [0.5, 0.6) is 0 Å². The fourth-order valence-corrected chi connectivity index (χ4v) is 6.95. The van der Waals surface area contributed by atoms with Gasteiger partial charge in [-0.25, -0.2) is 14.8 Å². The van der Waals surface area contributed by atoms with Gasteiger partial charge in [-0.1, -0.05) is 18.0 Å². The molecule has 1 aliphatic heterocycles. The number of nitrogens with zero attached hydrogens (tertiary/aromatic N) is 4. The van der Waals surface area contributed by atoms with E-state index in [4.69, 9.17) is 16.6 Å². The monoisotopic (exact) mass is 587 g/mol. The maximum Gasteiger partial charge on any atom is 0.341 e. The highest BCUT2D eigenvalue weighted by molar-refractivity contribution is 6.33. The van der Waals surface area contributed by atoms with Gasteiger partial charge in [-0.3, -0.25) is 4.79 Å². The Bertz CT molecular complexity index is 1900. The zero-order valence-electron chi connectivity index (χ0n) is 24.1. The zero-order chi connectivity index (χ0) is 29.7. The summed E-state index contributed by atoms with van der Waals surface area (Å²) in [6, 6.07) is 5.61. The molecule has 5 heterocycles. The molecule has 4 N–H and O–H groups in total. The van der Waals surface area contributed by atoms with E-state index >= 15 is 0 Å². The van der Waals surface area contributed by atoms with Crippen LogP contribution in [0.1, 0.15) is 29.6 Å². The van der Waals surface area contributed by atoms with E-state index in [-0.39, 0.29) is 10.9 Å². The van der Waals surface area contributed by atoms with Crippen LogP contribution in [0.2, 0.25) is 5.02 Å². The van der Waals surface area contributed by atoms with E-state index in [0.717, 1.165) is 52.0 Å². The second kappa shape index (κ2) is 10.9. The normalized spacial score (nSPS) is 18.0. The predicted molar refractivity (Wildman–Crippen MR) is 169 cm³/mol. The Hall–Kier alpha value is -4.15. The summed E-state index contributed by atoms with van der Waals surface area (Å²) in [5, 5.41) is 18.4. The van der Waals surface area contributed by atoms with Crippen molar-refractivity contribution in [3.8, 4) is 11.1 Å². The van der Waals surface area contributed by atoms with Crippen LogP contribution in [0.25, 0.3) is 44.1 Å². The summed E-state index contributed by atoms with van der Waals surface area (Å²) in [6.07, 6.45) is 8.64. The molecular weight excluding hydrogens is 554 g/mol.